The summed E-state index contributed by atoms with van der Waals surface area (Å²) in [7, 11) is 0. The van der Waals surface area contributed by atoms with Crippen LogP contribution in [0.1, 0.15) is 47.9 Å². The molecular weight excluding hydrogens is 439 g/mol. The van der Waals surface area contributed by atoms with Gasteiger partial charge in [0.25, 0.3) is 0 Å². The fourth-order valence-corrected chi connectivity index (χ4v) is 4.77. The maximum absolute atomic E-state index is 13.7. The van der Waals surface area contributed by atoms with Gasteiger partial charge in [0.15, 0.2) is 0 Å². The normalized spacial score (nSPS) is 14.5. The molecule has 0 spiro atoms. The zero-order valence-corrected chi connectivity index (χ0v) is 20.3. The predicted molar refractivity (Wildman–Crippen MR) is 136 cm³/mol. The Morgan fingerprint density at radius 2 is 1.57 bits per heavy atom. The predicted octanol–water partition coefficient (Wildman–Crippen LogP) is 5.38. The minimum Gasteiger partial charge on any atom is -0.352 e. The highest BCUT2D eigenvalue weighted by Gasteiger charge is 2.32. The molecule has 1 aliphatic rings. The van der Waals surface area contributed by atoms with E-state index in [1.807, 2.05) is 61.5 Å². The lowest BCUT2D eigenvalue weighted by molar-refractivity contribution is -0.141. The number of nitrogens with zero attached hydrogens (tertiary/aromatic N) is 1. The fraction of sp³-hybridized carbons (Fsp3) is 0.333. The van der Waals surface area contributed by atoms with E-state index in [1.54, 1.807) is 17.0 Å². The van der Waals surface area contributed by atoms with Gasteiger partial charge in [0.1, 0.15) is 11.9 Å². The Balaban J connectivity index is 1.66. The molecule has 0 bridgehead atoms. The second kappa shape index (κ2) is 11.8. The highest BCUT2D eigenvalue weighted by molar-refractivity contribution is 5.89. The molecular formula is C30H33FN2O2. The molecule has 1 fully saturated rings. The number of hydrogen-bond donors (Lipinski definition) is 1. The molecule has 0 unspecified atom stereocenters. The zero-order chi connectivity index (χ0) is 24.6. The van der Waals surface area contributed by atoms with Crippen LogP contribution in [0.15, 0.2) is 78.9 Å². The Morgan fingerprint density at radius 3 is 2.26 bits per heavy atom. The molecule has 0 heterocycles. The van der Waals surface area contributed by atoms with Crippen LogP contribution < -0.4 is 5.32 Å². The zero-order valence-electron chi connectivity index (χ0n) is 20.3. The van der Waals surface area contributed by atoms with Gasteiger partial charge in [-0.2, -0.15) is 0 Å². The molecule has 3 aromatic carbocycles. The Bertz CT molecular complexity index is 1120. The van der Waals surface area contributed by atoms with E-state index in [1.165, 1.54) is 12.1 Å². The first-order valence-electron chi connectivity index (χ1n) is 12.4. The Hall–Kier alpha value is -3.47. The number of nitrogens with one attached hydrogen (secondary N) is 1. The van der Waals surface area contributed by atoms with Gasteiger partial charge in [0.05, 0.1) is 6.42 Å². The number of aryl methyl sites for hydroxylation is 1. The fourth-order valence-electron chi connectivity index (χ4n) is 4.77. The average molecular weight is 473 g/mol. The summed E-state index contributed by atoms with van der Waals surface area (Å²) < 4.78 is 13.4. The molecule has 2 amide bonds. The molecule has 1 aliphatic carbocycles. The summed E-state index contributed by atoms with van der Waals surface area (Å²) in [6, 6.07) is 23.3. The number of benzene rings is 3. The quantitative estimate of drug-likeness (QED) is 0.455. The largest absolute Gasteiger partial charge is 0.352 e. The van der Waals surface area contributed by atoms with Crippen LogP contribution in [0.5, 0.6) is 0 Å². The third-order valence-corrected chi connectivity index (χ3v) is 6.84. The van der Waals surface area contributed by atoms with E-state index in [-0.39, 0.29) is 30.1 Å². The highest BCUT2D eigenvalue weighted by Crippen LogP contribution is 2.21. The molecule has 1 saturated carbocycles. The van der Waals surface area contributed by atoms with Crippen molar-refractivity contribution in [2.24, 2.45) is 0 Å². The molecule has 35 heavy (non-hydrogen) atoms. The van der Waals surface area contributed by atoms with Crippen LogP contribution in [0.2, 0.25) is 0 Å². The van der Waals surface area contributed by atoms with Crippen molar-refractivity contribution in [2.75, 3.05) is 0 Å². The minimum absolute atomic E-state index is 0.105. The van der Waals surface area contributed by atoms with E-state index in [4.69, 9.17) is 0 Å². The van der Waals surface area contributed by atoms with Gasteiger partial charge in [0, 0.05) is 19.0 Å². The summed E-state index contributed by atoms with van der Waals surface area (Å²) >= 11 is 0. The van der Waals surface area contributed by atoms with E-state index in [2.05, 4.69) is 5.32 Å². The first-order valence-corrected chi connectivity index (χ1v) is 12.4. The van der Waals surface area contributed by atoms with Gasteiger partial charge < -0.3 is 10.2 Å². The third-order valence-electron chi connectivity index (χ3n) is 6.84. The molecule has 4 nitrogen and oxygen atoms in total. The summed E-state index contributed by atoms with van der Waals surface area (Å²) in [6.45, 7) is 2.35. The van der Waals surface area contributed by atoms with Crippen molar-refractivity contribution in [1.29, 1.82) is 0 Å². The van der Waals surface area contributed by atoms with E-state index in [0.29, 0.717) is 13.0 Å². The lowest BCUT2D eigenvalue weighted by atomic mass is 10.00. The average Bonchev–Trinajstić information content (AvgIpc) is 3.37. The Morgan fingerprint density at radius 1 is 0.914 bits per heavy atom. The molecule has 0 aliphatic heterocycles. The Kier molecular flexibility index (Phi) is 8.30. The number of hydrogen-bond acceptors (Lipinski definition) is 2. The van der Waals surface area contributed by atoms with Crippen LogP contribution in [0.4, 0.5) is 4.39 Å². The van der Waals surface area contributed by atoms with Gasteiger partial charge in [-0.1, -0.05) is 79.6 Å². The maximum Gasteiger partial charge on any atom is 0.243 e. The smallest absolute Gasteiger partial charge is 0.243 e. The lowest BCUT2D eigenvalue weighted by Gasteiger charge is -2.33. The highest BCUT2D eigenvalue weighted by atomic mass is 19.1. The molecule has 1 N–H and O–H groups in total. The maximum atomic E-state index is 13.7. The second-order valence-corrected chi connectivity index (χ2v) is 9.45. The molecule has 5 heteroatoms. The van der Waals surface area contributed by atoms with Crippen LogP contribution in [0.3, 0.4) is 0 Å². The van der Waals surface area contributed by atoms with Crippen molar-refractivity contribution in [1.82, 2.24) is 10.2 Å². The topological polar surface area (TPSA) is 49.4 Å². The molecule has 4 rings (SSSR count). The van der Waals surface area contributed by atoms with E-state index >= 15 is 0 Å². The van der Waals surface area contributed by atoms with Crippen molar-refractivity contribution in [3.8, 4) is 0 Å². The van der Waals surface area contributed by atoms with Crippen LogP contribution in [-0.2, 0) is 29.0 Å². The van der Waals surface area contributed by atoms with Gasteiger partial charge in [-0.15, -0.1) is 0 Å². The number of carbonyl (C=O) groups excluding carboxylic acids is 2. The lowest BCUT2D eigenvalue weighted by Crippen LogP contribution is -2.52. The second-order valence-electron chi connectivity index (χ2n) is 9.45. The molecule has 0 saturated heterocycles. The number of halogens is 1. The van der Waals surface area contributed by atoms with Crippen molar-refractivity contribution >= 4 is 11.8 Å². The van der Waals surface area contributed by atoms with Crippen LogP contribution in [-0.4, -0.2) is 28.8 Å². The summed E-state index contributed by atoms with van der Waals surface area (Å²) in [5.74, 6) is -0.597. The molecule has 1 atom stereocenters. The number of carbonyl (C=O) groups is 2. The van der Waals surface area contributed by atoms with Crippen molar-refractivity contribution < 1.29 is 14.0 Å². The van der Waals surface area contributed by atoms with Gasteiger partial charge in [0.2, 0.25) is 11.8 Å². The third kappa shape index (κ3) is 6.78. The number of amides is 2. The summed E-state index contributed by atoms with van der Waals surface area (Å²) in [6.07, 6.45) is 4.72. The van der Waals surface area contributed by atoms with E-state index in [0.717, 1.165) is 47.9 Å². The van der Waals surface area contributed by atoms with Crippen molar-refractivity contribution in [3.63, 3.8) is 0 Å². The number of rotatable bonds is 9. The minimum atomic E-state index is -0.648. The van der Waals surface area contributed by atoms with Crippen LogP contribution in [0, 0.1) is 12.7 Å². The van der Waals surface area contributed by atoms with Gasteiger partial charge in [-0.3, -0.25) is 9.59 Å². The van der Waals surface area contributed by atoms with Gasteiger partial charge >= 0.3 is 0 Å². The first-order chi connectivity index (χ1) is 17.0. The van der Waals surface area contributed by atoms with Crippen LogP contribution in [0.25, 0.3) is 0 Å². The van der Waals surface area contributed by atoms with Crippen molar-refractivity contribution in [3.05, 3.63) is 107 Å². The van der Waals surface area contributed by atoms with E-state index < -0.39 is 6.04 Å². The first kappa shape index (κ1) is 24.6. The molecule has 182 valence electrons. The molecule has 3 aromatic rings. The van der Waals surface area contributed by atoms with E-state index in [9.17, 15) is 14.0 Å². The molecule has 0 radical (unpaired) electrons. The molecule has 0 aromatic heterocycles. The summed E-state index contributed by atoms with van der Waals surface area (Å²) in [5, 5.41) is 3.22. The Labute approximate surface area is 207 Å². The van der Waals surface area contributed by atoms with Gasteiger partial charge in [-0.05, 0) is 54.2 Å². The summed E-state index contributed by atoms with van der Waals surface area (Å²) in [5.41, 5.74) is 3.80. The van der Waals surface area contributed by atoms with Crippen LogP contribution >= 0.6 is 0 Å². The standard InChI is InChI=1S/C30H33FN2O2/c1-22-9-5-6-12-25(22)21-33(29(34)20-24-15-17-26(31)18-16-24)28(19-23-10-3-2-4-11-23)30(35)32-27-13-7-8-14-27/h2-6,9-12,15-18,27-28H,7-8,13-14,19-21H2,1H3,(H,32,35)/t28-/m1/s1. The summed E-state index contributed by atoms with van der Waals surface area (Å²) in [4.78, 5) is 29.1. The SMILES string of the molecule is Cc1ccccc1CN(C(=O)Cc1ccc(F)cc1)[C@H](Cc1ccccc1)C(=O)NC1CCCC1. The van der Waals surface area contributed by atoms with Gasteiger partial charge in [-0.25, -0.2) is 4.39 Å². The van der Waals surface area contributed by atoms with Crippen molar-refractivity contribution in [2.45, 2.75) is 64.1 Å². The monoisotopic (exact) mass is 472 g/mol.